The van der Waals surface area contributed by atoms with Gasteiger partial charge in [0.1, 0.15) is 0 Å². The summed E-state index contributed by atoms with van der Waals surface area (Å²) in [5.41, 5.74) is 1.09. The number of amides is 1. The Morgan fingerprint density at radius 3 is 3.21 bits per heavy atom. The van der Waals surface area contributed by atoms with Gasteiger partial charge in [0, 0.05) is 43.5 Å². The van der Waals surface area contributed by atoms with Crippen molar-refractivity contribution in [3.63, 3.8) is 0 Å². The highest BCUT2D eigenvalue weighted by Crippen LogP contribution is 2.16. The molecule has 1 aliphatic rings. The van der Waals surface area contributed by atoms with E-state index in [9.17, 15) is 4.79 Å². The van der Waals surface area contributed by atoms with Gasteiger partial charge < -0.3 is 15.0 Å². The average molecular weight is 346 g/mol. The van der Waals surface area contributed by atoms with Gasteiger partial charge in [-0.05, 0) is 31.0 Å². The summed E-state index contributed by atoms with van der Waals surface area (Å²) < 4.78 is 6.00. The summed E-state index contributed by atoms with van der Waals surface area (Å²) in [6, 6.07) is 3.95. The largest absolute Gasteiger partial charge is 0.372 e. The number of hydrogen-bond acceptors (Lipinski definition) is 6. The highest BCUT2D eigenvalue weighted by atomic mass is 32.1. The molecule has 6 nitrogen and oxygen atoms in total. The zero-order chi connectivity index (χ0) is 16.6. The molecule has 1 unspecified atom stereocenters. The Balaban J connectivity index is 1.38. The van der Waals surface area contributed by atoms with Crippen LogP contribution in [0.3, 0.4) is 0 Å². The minimum atomic E-state index is 0.0170. The molecule has 3 heterocycles. The van der Waals surface area contributed by atoms with E-state index < -0.39 is 0 Å². The molecule has 1 fully saturated rings. The van der Waals surface area contributed by atoms with E-state index in [-0.39, 0.29) is 12.0 Å². The monoisotopic (exact) mass is 346 g/mol. The molecule has 0 aliphatic carbocycles. The van der Waals surface area contributed by atoms with Crippen LogP contribution in [0.4, 0.5) is 5.13 Å². The summed E-state index contributed by atoms with van der Waals surface area (Å²) in [5.74, 6) is 0.0170. The molecule has 1 amide bonds. The summed E-state index contributed by atoms with van der Waals surface area (Å²) in [6.45, 7) is 3.25. The summed E-state index contributed by atoms with van der Waals surface area (Å²) in [4.78, 5) is 22.4. The van der Waals surface area contributed by atoms with E-state index in [1.165, 1.54) is 11.3 Å². The van der Waals surface area contributed by atoms with Gasteiger partial charge >= 0.3 is 0 Å². The lowest BCUT2D eigenvalue weighted by Crippen LogP contribution is -2.40. The van der Waals surface area contributed by atoms with Gasteiger partial charge in [0.15, 0.2) is 5.13 Å². The fourth-order valence-corrected chi connectivity index (χ4v) is 3.32. The minimum absolute atomic E-state index is 0.0170. The molecule has 0 saturated carbocycles. The molecule has 0 bridgehead atoms. The van der Waals surface area contributed by atoms with Gasteiger partial charge in [0.25, 0.3) is 0 Å². The SMILES string of the molecule is O=C(CCN1CCCC(OCc2cccnc2)C1)Nc1nccs1. The third-order valence-corrected chi connectivity index (χ3v) is 4.69. The van der Waals surface area contributed by atoms with Gasteiger partial charge in [-0.1, -0.05) is 6.07 Å². The number of nitrogens with zero attached hydrogens (tertiary/aromatic N) is 3. The number of carbonyl (C=O) groups is 1. The van der Waals surface area contributed by atoms with Gasteiger partial charge in [-0.25, -0.2) is 4.98 Å². The summed E-state index contributed by atoms with van der Waals surface area (Å²) in [6.07, 6.45) is 8.17. The van der Waals surface area contributed by atoms with E-state index in [1.807, 2.05) is 23.7 Å². The maximum atomic E-state index is 11.9. The van der Waals surface area contributed by atoms with Gasteiger partial charge in [0.2, 0.25) is 5.91 Å². The number of pyridine rings is 1. The Hall–Kier alpha value is -1.83. The molecule has 24 heavy (non-hydrogen) atoms. The van der Waals surface area contributed by atoms with Crippen molar-refractivity contribution in [2.45, 2.75) is 32.0 Å². The fraction of sp³-hybridized carbons (Fsp3) is 0.471. The van der Waals surface area contributed by atoms with Crippen LogP contribution in [0, 0.1) is 0 Å². The normalized spacial score (nSPS) is 18.4. The van der Waals surface area contributed by atoms with Crippen LogP contribution in [-0.4, -0.2) is 46.5 Å². The van der Waals surface area contributed by atoms with Crippen molar-refractivity contribution in [1.82, 2.24) is 14.9 Å². The predicted molar refractivity (Wildman–Crippen MR) is 93.8 cm³/mol. The number of hydrogen-bond donors (Lipinski definition) is 1. The average Bonchev–Trinajstić information content (AvgIpc) is 3.12. The van der Waals surface area contributed by atoms with Crippen LogP contribution in [0.5, 0.6) is 0 Å². The van der Waals surface area contributed by atoms with Crippen LogP contribution in [0.2, 0.25) is 0 Å². The minimum Gasteiger partial charge on any atom is -0.372 e. The summed E-state index contributed by atoms with van der Waals surface area (Å²) >= 11 is 1.44. The smallest absolute Gasteiger partial charge is 0.227 e. The standard InChI is InChI=1S/C17H22N4O2S/c22-16(20-17-19-7-10-24-17)5-9-21-8-2-4-15(12-21)23-13-14-3-1-6-18-11-14/h1,3,6-7,10-11,15H,2,4-5,8-9,12-13H2,(H,19,20,22). The number of anilines is 1. The maximum Gasteiger partial charge on any atom is 0.227 e. The molecule has 7 heteroatoms. The number of ether oxygens (including phenoxy) is 1. The first-order valence-corrected chi connectivity index (χ1v) is 9.10. The van der Waals surface area contributed by atoms with Gasteiger partial charge in [0.05, 0.1) is 12.7 Å². The van der Waals surface area contributed by atoms with E-state index in [2.05, 4.69) is 20.2 Å². The van der Waals surface area contributed by atoms with E-state index in [4.69, 9.17) is 4.74 Å². The van der Waals surface area contributed by atoms with Gasteiger partial charge in [-0.2, -0.15) is 0 Å². The number of rotatable bonds is 7. The van der Waals surface area contributed by atoms with E-state index >= 15 is 0 Å². The molecule has 1 aliphatic heterocycles. The Labute approximate surface area is 145 Å². The van der Waals surface area contributed by atoms with Crippen LogP contribution < -0.4 is 5.32 Å². The van der Waals surface area contributed by atoms with Crippen LogP contribution in [0.15, 0.2) is 36.1 Å². The van der Waals surface area contributed by atoms with Gasteiger partial charge in [-0.15, -0.1) is 11.3 Å². The van der Waals surface area contributed by atoms with Crippen LogP contribution >= 0.6 is 11.3 Å². The molecule has 1 N–H and O–H groups in total. The quantitative estimate of drug-likeness (QED) is 0.834. The van der Waals surface area contributed by atoms with Crippen LogP contribution in [0.1, 0.15) is 24.8 Å². The lowest BCUT2D eigenvalue weighted by atomic mass is 10.1. The lowest BCUT2D eigenvalue weighted by Gasteiger charge is -2.32. The second-order valence-electron chi connectivity index (χ2n) is 5.87. The highest BCUT2D eigenvalue weighted by Gasteiger charge is 2.21. The first kappa shape index (κ1) is 17.0. The first-order chi connectivity index (χ1) is 11.8. The third kappa shape index (κ3) is 5.36. The van der Waals surface area contributed by atoms with Crippen molar-refractivity contribution >= 4 is 22.4 Å². The lowest BCUT2D eigenvalue weighted by molar-refractivity contribution is -0.116. The van der Waals surface area contributed by atoms with E-state index in [0.717, 1.165) is 38.0 Å². The van der Waals surface area contributed by atoms with Gasteiger partial charge in [-0.3, -0.25) is 9.78 Å². The van der Waals surface area contributed by atoms with Crippen molar-refractivity contribution < 1.29 is 9.53 Å². The van der Waals surface area contributed by atoms with E-state index in [0.29, 0.717) is 18.2 Å². The summed E-state index contributed by atoms with van der Waals surface area (Å²) in [5, 5.41) is 5.34. The zero-order valence-corrected chi connectivity index (χ0v) is 14.4. The highest BCUT2D eigenvalue weighted by molar-refractivity contribution is 7.13. The predicted octanol–water partition coefficient (Wildman–Crippen LogP) is 2.55. The molecular formula is C17H22N4O2S. The number of piperidine rings is 1. The molecule has 2 aromatic rings. The Morgan fingerprint density at radius 1 is 1.46 bits per heavy atom. The zero-order valence-electron chi connectivity index (χ0n) is 13.6. The number of thiazole rings is 1. The summed E-state index contributed by atoms with van der Waals surface area (Å²) in [7, 11) is 0. The Bertz CT molecular complexity index is 621. The van der Waals surface area contributed by atoms with Crippen molar-refractivity contribution in [1.29, 1.82) is 0 Å². The second kappa shape index (κ2) is 8.86. The number of carbonyl (C=O) groups excluding carboxylic acids is 1. The molecule has 1 atom stereocenters. The van der Waals surface area contributed by atoms with Crippen LogP contribution in [-0.2, 0) is 16.1 Å². The fourth-order valence-electron chi connectivity index (χ4n) is 2.78. The van der Waals surface area contributed by atoms with Crippen molar-refractivity contribution in [2.75, 3.05) is 25.0 Å². The molecule has 0 spiro atoms. The molecule has 3 rings (SSSR count). The van der Waals surface area contributed by atoms with Crippen LogP contribution in [0.25, 0.3) is 0 Å². The Kier molecular flexibility index (Phi) is 6.28. The van der Waals surface area contributed by atoms with E-state index in [1.54, 1.807) is 12.4 Å². The molecular weight excluding hydrogens is 324 g/mol. The molecule has 0 radical (unpaired) electrons. The molecule has 0 aromatic carbocycles. The molecule has 2 aromatic heterocycles. The number of likely N-dealkylation sites (tertiary alicyclic amines) is 1. The Morgan fingerprint density at radius 2 is 2.42 bits per heavy atom. The number of aromatic nitrogens is 2. The molecule has 1 saturated heterocycles. The topological polar surface area (TPSA) is 67.4 Å². The first-order valence-electron chi connectivity index (χ1n) is 8.22. The van der Waals surface area contributed by atoms with Crippen molar-refractivity contribution in [2.24, 2.45) is 0 Å². The molecule has 128 valence electrons. The van der Waals surface area contributed by atoms with Crippen molar-refractivity contribution in [3.8, 4) is 0 Å². The second-order valence-corrected chi connectivity index (χ2v) is 6.77. The number of nitrogens with one attached hydrogen (secondary N) is 1. The maximum absolute atomic E-state index is 11.9. The van der Waals surface area contributed by atoms with Crippen molar-refractivity contribution in [3.05, 3.63) is 41.7 Å². The third-order valence-electron chi connectivity index (χ3n) is 4.00.